The zero-order valence-electron chi connectivity index (χ0n) is 11.6. The number of carbonyl (C=O) groups excluding carboxylic acids is 1. The van der Waals surface area contributed by atoms with Crippen molar-refractivity contribution in [2.75, 3.05) is 45.3 Å². The van der Waals surface area contributed by atoms with E-state index in [0.29, 0.717) is 26.3 Å². The van der Waals surface area contributed by atoms with Crippen molar-refractivity contribution in [2.24, 2.45) is 0 Å². The summed E-state index contributed by atoms with van der Waals surface area (Å²) in [5.74, 6) is 0. The lowest BCUT2D eigenvalue weighted by molar-refractivity contribution is -0.873. The van der Waals surface area contributed by atoms with Crippen molar-refractivity contribution in [2.45, 2.75) is 6.92 Å². The number of ether oxygens (including phenoxy) is 1. The number of morpholine rings is 1. The molecule has 0 N–H and O–H groups in total. The number of aromatic nitrogens is 1. The SMILES string of the molecule is Cc1cc(N(C)C)cc[n+]1OC(=O)N1CCOCC1. The largest absolute Gasteiger partial charge is 0.478 e. The van der Waals surface area contributed by atoms with Gasteiger partial charge in [0, 0.05) is 56.7 Å². The number of amides is 1. The monoisotopic (exact) mass is 266 g/mol. The van der Waals surface area contributed by atoms with Crippen LogP contribution in [-0.4, -0.2) is 51.4 Å². The summed E-state index contributed by atoms with van der Waals surface area (Å²) >= 11 is 0. The Morgan fingerprint density at radius 1 is 1.42 bits per heavy atom. The predicted molar refractivity (Wildman–Crippen MR) is 70.1 cm³/mol. The first-order valence-corrected chi connectivity index (χ1v) is 6.32. The van der Waals surface area contributed by atoms with Crippen LogP contribution in [0.1, 0.15) is 5.69 Å². The van der Waals surface area contributed by atoms with Gasteiger partial charge in [0.15, 0.2) is 0 Å². The van der Waals surface area contributed by atoms with Crippen LogP contribution in [0.5, 0.6) is 0 Å². The fraction of sp³-hybridized carbons (Fsp3) is 0.538. The van der Waals surface area contributed by atoms with Crippen LogP contribution in [0.4, 0.5) is 10.5 Å². The van der Waals surface area contributed by atoms with E-state index in [-0.39, 0.29) is 6.09 Å². The van der Waals surface area contributed by atoms with Crippen molar-refractivity contribution in [1.82, 2.24) is 4.90 Å². The summed E-state index contributed by atoms with van der Waals surface area (Å²) in [4.78, 5) is 21.0. The standard InChI is InChI=1S/C13H20N3O3/c1-11-10-12(14(2)3)4-5-16(11)19-13(17)15-6-8-18-9-7-15/h4-5,10H,6-9H2,1-3H3/q+1. The first-order chi connectivity index (χ1) is 9.08. The van der Waals surface area contributed by atoms with Gasteiger partial charge in [0.05, 0.1) is 13.2 Å². The average Bonchev–Trinajstić information content (AvgIpc) is 2.41. The minimum Gasteiger partial charge on any atom is -0.378 e. The molecule has 1 aliphatic rings. The molecule has 1 saturated heterocycles. The van der Waals surface area contributed by atoms with Crippen molar-refractivity contribution >= 4 is 11.8 Å². The van der Waals surface area contributed by atoms with E-state index in [1.54, 1.807) is 11.1 Å². The molecule has 0 aromatic carbocycles. The van der Waals surface area contributed by atoms with Crippen molar-refractivity contribution in [3.63, 3.8) is 0 Å². The minimum atomic E-state index is -0.339. The van der Waals surface area contributed by atoms with Crippen LogP contribution in [0, 0.1) is 6.92 Å². The highest BCUT2D eigenvalue weighted by Gasteiger charge is 2.23. The molecule has 0 radical (unpaired) electrons. The Bertz CT molecular complexity index is 456. The number of hydrogen-bond donors (Lipinski definition) is 0. The van der Waals surface area contributed by atoms with E-state index in [1.807, 2.05) is 38.1 Å². The molecule has 0 spiro atoms. The number of rotatable bonds is 2. The second-order valence-electron chi connectivity index (χ2n) is 4.70. The normalized spacial score (nSPS) is 15.2. The van der Waals surface area contributed by atoms with Crippen LogP contribution in [0.15, 0.2) is 18.3 Å². The van der Waals surface area contributed by atoms with Crippen molar-refractivity contribution in [3.05, 3.63) is 24.0 Å². The number of aryl methyl sites for hydroxylation is 1. The summed E-state index contributed by atoms with van der Waals surface area (Å²) in [5.41, 5.74) is 1.93. The van der Waals surface area contributed by atoms with Gasteiger partial charge in [0.2, 0.25) is 11.9 Å². The molecule has 104 valence electrons. The first kappa shape index (κ1) is 13.6. The Morgan fingerprint density at radius 2 is 2.11 bits per heavy atom. The maximum absolute atomic E-state index is 12.0. The fourth-order valence-electron chi connectivity index (χ4n) is 1.86. The summed E-state index contributed by atoms with van der Waals surface area (Å²) in [6.45, 7) is 4.19. The summed E-state index contributed by atoms with van der Waals surface area (Å²) in [7, 11) is 3.94. The predicted octanol–water partition coefficient (Wildman–Crippen LogP) is 0.229. The molecule has 1 fully saturated rings. The molecule has 6 heteroatoms. The van der Waals surface area contributed by atoms with Crippen LogP contribution in [-0.2, 0) is 4.74 Å². The smallest absolute Gasteiger partial charge is 0.378 e. The number of anilines is 1. The van der Waals surface area contributed by atoms with E-state index in [2.05, 4.69) is 0 Å². The molecular weight excluding hydrogens is 246 g/mol. The molecular formula is C13H20N3O3+. The Hall–Kier alpha value is -1.82. The third-order valence-electron chi connectivity index (χ3n) is 3.05. The molecule has 0 atom stereocenters. The van der Waals surface area contributed by atoms with Crippen molar-refractivity contribution < 1.29 is 19.1 Å². The number of nitrogens with zero attached hydrogens (tertiary/aromatic N) is 3. The van der Waals surface area contributed by atoms with E-state index >= 15 is 0 Å². The molecule has 0 aliphatic carbocycles. The summed E-state index contributed by atoms with van der Waals surface area (Å²) in [6.07, 6.45) is 1.41. The Kier molecular flexibility index (Phi) is 4.21. The third-order valence-corrected chi connectivity index (χ3v) is 3.05. The van der Waals surface area contributed by atoms with Crippen LogP contribution >= 0.6 is 0 Å². The molecule has 6 nitrogen and oxygen atoms in total. The van der Waals surface area contributed by atoms with E-state index in [9.17, 15) is 4.79 Å². The van der Waals surface area contributed by atoms with E-state index in [4.69, 9.17) is 9.57 Å². The van der Waals surface area contributed by atoms with E-state index in [0.717, 1.165) is 11.4 Å². The van der Waals surface area contributed by atoms with E-state index in [1.165, 1.54) is 4.73 Å². The lowest BCUT2D eigenvalue weighted by Crippen LogP contribution is -2.54. The first-order valence-electron chi connectivity index (χ1n) is 6.32. The molecule has 1 amide bonds. The second kappa shape index (κ2) is 5.88. The second-order valence-corrected chi connectivity index (χ2v) is 4.70. The minimum absolute atomic E-state index is 0.339. The van der Waals surface area contributed by atoms with Gasteiger partial charge in [-0.1, -0.05) is 0 Å². The Labute approximate surface area is 113 Å². The van der Waals surface area contributed by atoms with Crippen molar-refractivity contribution in [3.8, 4) is 0 Å². The molecule has 0 bridgehead atoms. The number of pyridine rings is 1. The van der Waals surface area contributed by atoms with Gasteiger partial charge >= 0.3 is 6.09 Å². The average molecular weight is 266 g/mol. The lowest BCUT2D eigenvalue weighted by atomic mass is 10.3. The number of carbonyl (C=O) groups is 1. The van der Waals surface area contributed by atoms with Gasteiger partial charge in [0.1, 0.15) is 0 Å². The zero-order chi connectivity index (χ0) is 13.8. The molecule has 1 aromatic rings. The quantitative estimate of drug-likeness (QED) is 0.719. The maximum atomic E-state index is 12.0. The molecule has 1 aromatic heterocycles. The highest BCUT2D eigenvalue weighted by atomic mass is 16.7. The van der Waals surface area contributed by atoms with Gasteiger partial charge in [-0.15, -0.1) is 0 Å². The molecule has 1 aliphatic heterocycles. The molecule has 2 rings (SSSR count). The van der Waals surface area contributed by atoms with Crippen LogP contribution in [0.3, 0.4) is 0 Å². The summed E-state index contributed by atoms with van der Waals surface area (Å²) in [6, 6.07) is 3.87. The highest BCUT2D eigenvalue weighted by molar-refractivity contribution is 5.67. The lowest BCUT2D eigenvalue weighted by Gasteiger charge is -2.23. The molecule has 0 unspecified atom stereocenters. The zero-order valence-corrected chi connectivity index (χ0v) is 11.6. The van der Waals surface area contributed by atoms with Crippen LogP contribution in [0.2, 0.25) is 0 Å². The van der Waals surface area contributed by atoms with Gasteiger partial charge in [-0.25, -0.2) is 4.79 Å². The Morgan fingerprint density at radius 3 is 2.68 bits per heavy atom. The van der Waals surface area contributed by atoms with Gasteiger partial charge in [-0.05, 0) is 0 Å². The molecule has 19 heavy (non-hydrogen) atoms. The topological polar surface area (TPSA) is 45.9 Å². The van der Waals surface area contributed by atoms with Crippen LogP contribution < -0.4 is 14.5 Å². The third kappa shape index (κ3) is 3.35. The highest BCUT2D eigenvalue weighted by Crippen LogP contribution is 2.09. The maximum Gasteiger partial charge on any atom is 0.478 e. The summed E-state index contributed by atoms with van der Waals surface area (Å²) < 4.78 is 6.69. The van der Waals surface area contributed by atoms with E-state index < -0.39 is 0 Å². The molecule has 2 heterocycles. The van der Waals surface area contributed by atoms with Gasteiger partial charge < -0.3 is 9.64 Å². The van der Waals surface area contributed by atoms with Crippen LogP contribution in [0.25, 0.3) is 0 Å². The van der Waals surface area contributed by atoms with Gasteiger partial charge in [0.25, 0.3) is 0 Å². The Balaban J connectivity index is 2.04. The summed E-state index contributed by atoms with van der Waals surface area (Å²) in [5, 5.41) is 0. The van der Waals surface area contributed by atoms with Gasteiger partial charge in [-0.2, -0.15) is 4.84 Å². The fourth-order valence-corrected chi connectivity index (χ4v) is 1.86. The molecule has 0 saturated carbocycles. The number of hydrogen-bond acceptors (Lipinski definition) is 4. The van der Waals surface area contributed by atoms with Crippen molar-refractivity contribution in [1.29, 1.82) is 0 Å². The van der Waals surface area contributed by atoms with Gasteiger partial charge in [-0.3, -0.25) is 4.90 Å².